The van der Waals surface area contributed by atoms with Gasteiger partial charge in [-0.05, 0) is 43.7 Å². The quantitative estimate of drug-likeness (QED) is 0.650. The van der Waals surface area contributed by atoms with E-state index in [1.807, 2.05) is 13.8 Å². The first kappa shape index (κ1) is 19.2. The molecule has 23 heavy (non-hydrogen) atoms. The highest BCUT2D eigenvalue weighted by atomic mass is 19.1. The SMILES string of the molecule is CCOc1ccc(NC(=O)NCC(CC)(CC)CCO)cc1F. The van der Waals surface area contributed by atoms with Gasteiger partial charge in [0.1, 0.15) is 0 Å². The van der Waals surface area contributed by atoms with Gasteiger partial charge in [-0.15, -0.1) is 0 Å². The standard InChI is InChI=1S/C17H27FN2O3/c1-4-17(5-2,9-10-21)12-19-16(22)20-13-7-8-15(23-6-3)14(18)11-13/h7-8,11,21H,4-6,9-10,12H2,1-3H3,(H2,19,20,22). The number of carbonyl (C=O) groups is 1. The van der Waals surface area contributed by atoms with E-state index in [9.17, 15) is 14.3 Å². The Hall–Kier alpha value is -1.82. The molecular formula is C17H27FN2O3. The Bertz CT molecular complexity index is 505. The monoisotopic (exact) mass is 326 g/mol. The largest absolute Gasteiger partial charge is 0.491 e. The van der Waals surface area contributed by atoms with Crippen molar-refractivity contribution in [1.82, 2.24) is 5.32 Å². The van der Waals surface area contributed by atoms with Crippen molar-refractivity contribution < 1.29 is 19.0 Å². The predicted molar refractivity (Wildman–Crippen MR) is 89.3 cm³/mol. The number of amides is 2. The summed E-state index contributed by atoms with van der Waals surface area (Å²) >= 11 is 0. The second-order valence-corrected chi connectivity index (χ2v) is 5.57. The molecule has 0 aromatic heterocycles. The van der Waals surface area contributed by atoms with Crippen LogP contribution in [-0.4, -0.2) is 30.9 Å². The molecule has 2 amide bonds. The molecule has 3 N–H and O–H groups in total. The van der Waals surface area contributed by atoms with Gasteiger partial charge in [0.25, 0.3) is 0 Å². The minimum Gasteiger partial charge on any atom is -0.491 e. The number of hydrogen-bond acceptors (Lipinski definition) is 3. The van der Waals surface area contributed by atoms with Crippen LogP contribution in [0, 0.1) is 11.2 Å². The third-order valence-corrected chi connectivity index (χ3v) is 4.26. The lowest BCUT2D eigenvalue weighted by atomic mass is 9.79. The zero-order chi connectivity index (χ0) is 17.3. The van der Waals surface area contributed by atoms with Gasteiger partial charge >= 0.3 is 6.03 Å². The highest BCUT2D eigenvalue weighted by Crippen LogP contribution is 2.29. The first-order valence-electron chi connectivity index (χ1n) is 8.08. The fourth-order valence-electron chi connectivity index (χ4n) is 2.47. The molecule has 0 unspecified atom stereocenters. The molecule has 0 aliphatic rings. The number of ether oxygens (including phenoxy) is 1. The summed E-state index contributed by atoms with van der Waals surface area (Å²) in [6.45, 7) is 6.80. The lowest BCUT2D eigenvalue weighted by molar-refractivity contribution is 0.165. The van der Waals surface area contributed by atoms with Crippen LogP contribution in [0.25, 0.3) is 0 Å². The molecule has 5 nitrogen and oxygen atoms in total. The fourth-order valence-corrected chi connectivity index (χ4v) is 2.47. The maximum Gasteiger partial charge on any atom is 0.319 e. The van der Waals surface area contributed by atoms with Crippen LogP contribution in [-0.2, 0) is 0 Å². The molecule has 0 heterocycles. The summed E-state index contributed by atoms with van der Waals surface area (Å²) in [7, 11) is 0. The van der Waals surface area contributed by atoms with E-state index < -0.39 is 11.8 Å². The molecule has 0 radical (unpaired) electrons. The fraction of sp³-hybridized carbons (Fsp3) is 0.588. The Morgan fingerprint density at radius 2 is 2.00 bits per heavy atom. The van der Waals surface area contributed by atoms with Crippen LogP contribution in [0.15, 0.2) is 18.2 Å². The van der Waals surface area contributed by atoms with E-state index >= 15 is 0 Å². The maximum absolute atomic E-state index is 13.7. The first-order chi connectivity index (χ1) is 11.0. The van der Waals surface area contributed by atoms with Gasteiger partial charge in [-0.2, -0.15) is 0 Å². The van der Waals surface area contributed by atoms with Gasteiger partial charge in [0, 0.05) is 24.9 Å². The lowest BCUT2D eigenvalue weighted by Gasteiger charge is -2.31. The number of carbonyl (C=O) groups excluding carboxylic acids is 1. The molecule has 1 aromatic carbocycles. The van der Waals surface area contributed by atoms with E-state index in [2.05, 4.69) is 10.6 Å². The molecule has 1 aromatic rings. The molecule has 1 rings (SSSR count). The van der Waals surface area contributed by atoms with Crippen LogP contribution in [0.2, 0.25) is 0 Å². The van der Waals surface area contributed by atoms with Gasteiger partial charge < -0.3 is 20.5 Å². The maximum atomic E-state index is 13.7. The second kappa shape index (κ2) is 9.35. The summed E-state index contributed by atoms with van der Waals surface area (Å²) in [5.41, 5.74) is 0.250. The first-order valence-corrected chi connectivity index (χ1v) is 8.08. The molecule has 0 saturated carbocycles. The van der Waals surface area contributed by atoms with Gasteiger partial charge in [0.05, 0.1) is 6.61 Å². The van der Waals surface area contributed by atoms with Crippen LogP contribution >= 0.6 is 0 Å². The van der Waals surface area contributed by atoms with E-state index in [1.165, 1.54) is 12.1 Å². The molecule has 0 aliphatic heterocycles. The predicted octanol–water partition coefficient (Wildman–Crippen LogP) is 3.53. The average molecular weight is 326 g/mol. The van der Waals surface area contributed by atoms with Crippen molar-refractivity contribution in [2.75, 3.05) is 25.1 Å². The van der Waals surface area contributed by atoms with Crippen LogP contribution in [0.1, 0.15) is 40.0 Å². The minimum absolute atomic E-state index is 0.0923. The second-order valence-electron chi connectivity index (χ2n) is 5.57. The van der Waals surface area contributed by atoms with Crippen molar-refractivity contribution in [3.05, 3.63) is 24.0 Å². The summed E-state index contributed by atoms with van der Waals surface area (Å²) in [4.78, 5) is 12.0. The number of anilines is 1. The third kappa shape index (κ3) is 5.71. The third-order valence-electron chi connectivity index (χ3n) is 4.26. The van der Waals surface area contributed by atoms with Crippen molar-refractivity contribution in [1.29, 1.82) is 0 Å². The number of aliphatic hydroxyl groups excluding tert-OH is 1. The Morgan fingerprint density at radius 1 is 1.30 bits per heavy atom. The van der Waals surface area contributed by atoms with Crippen LogP contribution in [0.3, 0.4) is 0 Å². The smallest absolute Gasteiger partial charge is 0.319 e. The van der Waals surface area contributed by atoms with Crippen LogP contribution < -0.4 is 15.4 Å². The zero-order valence-corrected chi connectivity index (χ0v) is 14.1. The summed E-state index contributed by atoms with van der Waals surface area (Å²) in [5, 5.41) is 14.6. The molecule has 0 aliphatic carbocycles. The normalized spacial score (nSPS) is 11.2. The number of benzene rings is 1. The van der Waals surface area contributed by atoms with Crippen molar-refractivity contribution in [2.45, 2.75) is 40.0 Å². The van der Waals surface area contributed by atoms with Crippen molar-refractivity contribution in [3.8, 4) is 5.75 Å². The van der Waals surface area contributed by atoms with Crippen molar-refractivity contribution >= 4 is 11.7 Å². The molecule has 0 spiro atoms. The van der Waals surface area contributed by atoms with Gasteiger partial charge in [0.2, 0.25) is 0 Å². The van der Waals surface area contributed by atoms with Gasteiger partial charge in [-0.25, -0.2) is 9.18 Å². The van der Waals surface area contributed by atoms with E-state index in [0.717, 1.165) is 12.8 Å². The minimum atomic E-state index is -0.513. The number of urea groups is 1. The molecule has 6 heteroatoms. The summed E-state index contributed by atoms with van der Waals surface area (Å²) in [6.07, 6.45) is 2.36. The summed E-state index contributed by atoms with van der Waals surface area (Å²) in [5.74, 6) is -0.348. The Balaban J connectivity index is 2.61. The highest BCUT2D eigenvalue weighted by Gasteiger charge is 2.26. The molecule has 0 fully saturated rings. The average Bonchev–Trinajstić information content (AvgIpc) is 2.54. The molecule has 130 valence electrons. The Labute approximate surface area is 137 Å². The Kier molecular flexibility index (Phi) is 7.81. The zero-order valence-electron chi connectivity index (χ0n) is 14.1. The number of nitrogens with one attached hydrogen (secondary N) is 2. The van der Waals surface area contributed by atoms with Gasteiger partial charge in [-0.1, -0.05) is 13.8 Å². The molecule has 0 bridgehead atoms. The summed E-state index contributed by atoms with van der Waals surface area (Å²) < 4.78 is 18.9. The highest BCUT2D eigenvalue weighted by molar-refractivity contribution is 5.89. The number of rotatable bonds is 9. The number of halogens is 1. The van der Waals surface area contributed by atoms with Crippen molar-refractivity contribution in [2.24, 2.45) is 5.41 Å². The Morgan fingerprint density at radius 3 is 2.52 bits per heavy atom. The van der Waals surface area contributed by atoms with E-state index in [4.69, 9.17) is 4.74 Å². The van der Waals surface area contributed by atoms with Gasteiger partial charge in [-0.3, -0.25) is 0 Å². The number of aliphatic hydroxyl groups is 1. The molecular weight excluding hydrogens is 299 g/mol. The van der Waals surface area contributed by atoms with Crippen LogP contribution in [0.5, 0.6) is 5.75 Å². The van der Waals surface area contributed by atoms with E-state index in [0.29, 0.717) is 25.3 Å². The van der Waals surface area contributed by atoms with E-state index in [-0.39, 0.29) is 17.8 Å². The molecule has 0 atom stereocenters. The molecule has 0 saturated heterocycles. The van der Waals surface area contributed by atoms with Crippen LogP contribution in [0.4, 0.5) is 14.9 Å². The topological polar surface area (TPSA) is 70.6 Å². The van der Waals surface area contributed by atoms with Crippen molar-refractivity contribution in [3.63, 3.8) is 0 Å². The number of hydrogen-bond donors (Lipinski definition) is 3. The lowest BCUT2D eigenvalue weighted by Crippen LogP contribution is -2.39. The summed E-state index contributed by atoms with van der Waals surface area (Å²) in [6, 6.07) is 3.92. The van der Waals surface area contributed by atoms with Gasteiger partial charge in [0.15, 0.2) is 11.6 Å². The van der Waals surface area contributed by atoms with E-state index in [1.54, 1.807) is 13.0 Å².